The number of halogens is 1. The fourth-order valence-electron chi connectivity index (χ4n) is 2.47. The van der Waals surface area contributed by atoms with E-state index in [0.717, 1.165) is 28.0 Å². The molecule has 21 heavy (non-hydrogen) atoms. The zero-order valence-electron chi connectivity index (χ0n) is 11.8. The second-order valence-electron chi connectivity index (χ2n) is 4.94. The summed E-state index contributed by atoms with van der Waals surface area (Å²) in [6.07, 6.45) is 2.09. The molecular formula is C17H17BrN2O. The van der Waals surface area contributed by atoms with Gasteiger partial charge in [0, 0.05) is 33.8 Å². The van der Waals surface area contributed by atoms with E-state index in [1.807, 2.05) is 25.1 Å². The second-order valence-corrected chi connectivity index (χ2v) is 5.86. The summed E-state index contributed by atoms with van der Waals surface area (Å²) in [5, 5.41) is 1.18. The van der Waals surface area contributed by atoms with Crippen molar-refractivity contribution in [1.82, 2.24) is 4.57 Å². The first-order valence-electron chi connectivity index (χ1n) is 6.93. The van der Waals surface area contributed by atoms with Crippen LogP contribution in [0.1, 0.15) is 12.5 Å². The highest BCUT2D eigenvalue weighted by Gasteiger charge is 2.06. The number of fused-ring (bicyclic) bond motifs is 1. The monoisotopic (exact) mass is 344 g/mol. The van der Waals surface area contributed by atoms with Gasteiger partial charge in [-0.25, -0.2) is 0 Å². The standard InChI is InChI=1S/C17H17BrN2O/c1-2-21-15-5-6-17-12(9-15)7-8-20(17)11-13-3-4-14(18)10-16(13)19/h3-10H,2,11,19H2,1H3. The molecule has 4 heteroatoms. The lowest BCUT2D eigenvalue weighted by Crippen LogP contribution is -2.01. The number of hydrogen-bond donors (Lipinski definition) is 1. The number of aromatic nitrogens is 1. The van der Waals surface area contributed by atoms with Crippen LogP contribution in [0.2, 0.25) is 0 Å². The first-order valence-corrected chi connectivity index (χ1v) is 7.72. The molecule has 0 aliphatic carbocycles. The summed E-state index contributed by atoms with van der Waals surface area (Å²) in [5.41, 5.74) is 9.18. The smallest absolute Gasteiger partial charge is 0.120 e. The first kappa shape index (κ1) is 14.0. The number of nitrogen functional groups attached to an aromatic ring is 1. The number of nitrogens with two attached hydrogens (primary N) is 1. The molecule has 1 aromatic heterocycles. The molecule has 2 N–H and O–H groups in total. The van der Waals surface area contributed by atoms with Gasteiger partial charge >= 0.3 is 0 Å². The van der Waals surface area contributed by atoms with Crippen LogP contribution in [-0.2, 0) is 6.54 Å². The molecule has 0 radical (unpaired) electrons. The predicted octanol–water partition coefficient (Wildman–Crippen LogP) is 4.43. The van der Waals surface area contributed by atoms with Gasteiger partial charge in [0.1, 0.15) is 5.75 Å². The number of hydrogen-bond acceptors (Lipinski definition) is 2. The predicted molar refractivity (Wildman–Crippen MR) is 90.8 cm³/mol. The van der Waals surface area contributed by atoms with E-state index in [9.17, 15) is 0 Å². The van der Waals surface area contributed by atoms with Crippen LogP contribution in [0.15, 0.2) is 53.1 Å². The molecule has 0 saturated heterocycles. The molecule has 1 heterocycles. The van der Waals surface area contributed by atoms with Gasteiger partial charge in [0.05, 0.1) is 6.61 Å². The van der Waals surface area contributed by atoms with Crippen molar-refractivity contribution in [2.75, 3.05) is 12.3 Å². The van der Waals surface area contributed by atoms with E-state index in [1.165, 1.54) is 10.9 Å². The average Bonchev–Trinajstić information content (AvgIpc) is 2.85. The van der Waals surface area contributed by atoms with Crippen LogP contribution in [0.25, 0.3) is 10.9 Å². The summed E-state index contributed by atoms with van der Waals surface area (Å²) in [6, 6.07) is 14.3. The molecule has 0 atom stereocenters. The summed E-state index contributed by atoms with van der Waals surface area (Å²) in [4.78, 5) is 0. The van der Waals surface area contributed by atoms with E-state index >= 15 is 0 Å². The van der Waals surface area contributed by atoms with Crippen LogP contribution in [0.3, 0.4) is 0 Å². The van der Waals surface area contributed by atoms with Crippen molar-refractivity contribution in [2.24, 2.45) is 0 Å². The van der Waals surface area contributed by atoms with Gasteiger partial charge in [-0.05, 0) is 48.9 Å². The van der Waals surface area contributed by atoms with Crippen LogP contribution < -0.4 is 10.5 Å². The maximum atomic E-state index is 6.08. The lowest BCUT2D eigenvalue weighted by Gasteiger charge is -2.09. The molecule has 3 nitrogen and oxygen atoms in total. The van der Waals surface area contributed by atoms with Gasteiger partial charge in [0.25, 0.3) is 0 Å². The van der Waals surface area contributed by atoms with Gasteiger partial charge in [-0.2, -0.15) is 0 Å². The lowest BCUT2D eigenvalue weighted by atomic mass is 10.2. The third-order valence-electron chi connectivity index (χ3n) is 3.50. The van der Waals surface area contributed by atoms with Crippen LogP contribution in [0.4, 0.5) is 5.69 Å². The maximum Gasteiger partial charge on any atom is 0.120 e. The van der Waals surface area contributed by atoms with E-state index < -0.39 is 0 Å². The highest BCUT2D eigenvalue weighted by molar-refractivity contribution is 9.10. The van der Waals surface area contributed by atoms with Crippen molar-refractivity contribution >= 4 is 32.5 Å². The van der Waals surface area contributed by atoms with Crippen LogP contribution >= 0.6 is 15.9 Å². The Bertz CT molecular complexity index is 780. The van der Waals surface area contributed by atoms with Crippen LogP contribution in [-0.4, -0.2) is 11.2 Å². The molecular weight excluding hydrogens is 328 g/mol. The van der Waals surface area contributed by atoms with Gasteiger partial charge in [-0.3, -0.25) is 0 Å². The topological polar surface area (TPSA) is 40.2 Å². The van der Waals surface area contributed by atoms with Crippen LogP contribution in [0, 0.1) is 0 Å². The number of anilines is 1. The molecule has 0 saturated carbocycles. The Hall–Kier alpha value is -1.94. The molecule has 0 aliphatic heterocycles. The largest absolute Gasteiger partial charge is 0.494 e. The molecule has 0 unspecified atom stereocenters. The SMILES string of the molecule is CCOc1ccc2c(ccn2Cc2ccc(Br)cc2N)c1. The van der Waals surface area contributed by atoms with Crippen molar-refractivity contribution in [2.45, 2.75) is 13.5 Å². The molecule has 3 aromatic rings. The molecule has 2 aromatic carbocycles. The Morgan fingerprint density at radius 1 is 1.14 bits per heavy atom. The minimum absolute atomic E-state index is 0.682. The first-order chi connectivity index (χ1) is 10.2. The highest BCUT2D eigenvalue weighted by Crippen LogP contribution is 2.25. The van der Waals surface area contributed by atoms with Gasteiger partial charge in [-0.15, -0.1) is 0 Å². The minimum atomic E-state index is 0.682. The Balaban J connectivity index is 1.94. The Kier molecular flexibility index (Phi) is 3.88. The number of nitrogens with zero attached hydrogens (tertiary/aromatic N) is 1. The maximum absolute atomic E-state index is 6.08. The highest BCUT2D eigenvalue weighted by atomic mass is 79.9. The molecule has 0 amide bonds. The van der Waals surface area contributed by atoms with Gasteiger partial charge in [-0.1, -0.05) is 22.0 Å². The number of benzene rings is 2. The van der Waals surface area contributed by atoms with Crippen molar-refractivity contribution < 1.29 is 4.74 Å². The molecule has 0 spiro atoms. The molecule has 0 aliphatic rings. The Morgan fingerprint density at radius 2 is 2.00 bits per heavy atom. The summed E-state index contributed by atoms with van der Waals surface area (Å²) >= 11 is 3.44. The average molecular weight is 345 g/mol. The van der Waals surface area contributed by atoms with E-state index in [2.05, 4.69) is 51.0 Å². The summed E-state index contributed by atoms with van der Waals surface area (Å²) < 4.78 is 8.74. The third kappa shape index (κ3) is 2.90. The van der Waals surface area contributed by atoms with Gasteiger partial charge in [0.2, 0.25) is 0 Å². The molecule has 3 rings (SSSR count). The fourth-order valence-corrected chi connectivity index (χ4v) is 2.84. The van der Waals surface area contributed by atoms with E-state index in [-0.39, 0.29) is 0 Å². The minimum Gasteiger partial charge on any atom is -0.494 e. The Morgan fingerprint density at radius 3 is 2.76 bits per heavy atom. The zero-order chi connectivity index (χ0) is 14.8. The Labute approximate surface area is 132 Å². The molecule has 0 fully saturated rings. The normalized spacial score (nSPS) is 11.0. The molecule has 108 valence electrons. The van der Waals surface area contributed by atoms with Crippen molar-refractivity contribution in [1.29, 1.82) is 0 Å². The van der Waals surface area contributed by atoms with Crippen LogP contribution in [0.5, 0.6) is 5.75 Å². The summed E-state index contributed by atoms with van der Waals surface area (Å²) in [6.45, 7) is 3.43. The molecule has 0 bridgehead atoms. The lowest BCUT2D eigenvalue weighted by molar-refractivity contribution is 0.340. The number of rotatable bonds is 4. The second kappa shape index (κ2) is 5.82. The summed E-state index contributed by atoms with van der Waals surface area (Å²) in [5.74, 6) is 0.908. The van der Waals surface area contributed by atoms with Gasteiger partial charge in [0.15, 0.2) is 0 Å². The third-order valence-corrected chi connectivity index (χ3v) is 4.00. The van der Waals surface area contributed by atoms with E-state index in [1.54, 1.807) is 0 Å². The number of ether oxygens (including phenoxy) is 1. The van der Waals surface area contributed by atoms with Crippen molar-refractivity contribution in [3.05, 3.63) is 58.7 Å². The van der Waals surface area contributed by atoms with E-state index in [4.69, 9.17) is 10.5 Å². The zero-order valence-corrected chi connectivity index (χ0v) is 13.4. The van der Waals surface area contributed by atoms with E-state index in [0.29, 0.717) is 6.61 Å². The van der Waals surface area contributed by atoms with Gasteiger partial charge < -0.3 is 15.0 Å². The van der Waals surface area contributed by atoms with Crippen molar-refractivity contribution in [3.8, 4) is 5.75 Å². The summed E-state index contributed by atoms with van der Waals surface area (Å²) in [7, 11) is 0. The fraction of sp³-hybridized carbons (Fsp3) is 0.176. The quantitative estimate of drug-likeness (QED) is 0.711. The van der Waals surface area contributed by atoms with Crippen molar-refractivity contribution in [3.63, 3.8) is 0 Å².